The molecule has 0 spiro atoms. The van der Waals surface area contributed by atoms with Crippen LogP contribution in [0.1, 0.15) is 16.7 Å². The molecule has 1 aliphatic rings. The van der Waals surface area contributed by atoms with Crippen LogP contribution < -0.4 is 56.1 Å². The molecule has 0 radical (unpaired) electrons. The number of sulfonamides is 1. The predicted molar refractivity (Wildman–Crippen MR) is 44.8 cm³/mol. The molecule has 0 fully saturated rings. The number of hydrogen-bond donors (Lipinski definition) is 1. The first-order valence-electron chi connectivity index (χ1n) is 3.18. The van der Waals surface area contributed by atoms with Crippen LogP contribution >= 0.6 is 11.3 Å². The van der Waals surface area contributed by atoms with Gasteiger partial charge in [0.1, 0.15) is 0 Å². The predicted octanol–water partition coefficient (Wildman–Crippen LogP) is -2.39. The zero-order valence-corrected chi connectivity index (χ0v) is 11.9. The molecule has 66 valence electrons. The van der Waals surface area contributed by atoms with Crippen molar-refractivity contribution in [2.75, 3.05) is 0 Å². The number of amides is 1. The Morgan fingerprint density at radius 1 is 1.54 bits per heavy atom. The summed E-state index contributed by atoms with van der Waals surface area (Å²) in [6, 6.07) is 1.58. The average molecular weight is 243 g/mol. The van der Waals surface area contributed by atoms with E-state index in [0.717, 1.165) is 16.2 Å². The molecule has 7 heteroatoms. The quantitative estimate of drug-likeness (QED) is 0.517. The van der Waals surface area contributed by atoms with Crippen molar-refractivity contribution in [3.05, 3.63) is 16.5 Å². The molecule has 4 nitrogen and oxygen atoms in total. The molecule has 1 aromatic rings. The van der Waals surface area contributed by atoms with Crippen molar-refractivity contribution >= 4 is 27.3 Å². The Morgan fingerprint density at radius 3 is 2.69 bits per heavy atom. The fraction of sp³-hybridized carbons (Fsp3) is 0.167. The van der Waals surface area contributed by atoms with Gasteiger partial charge in [-0.2, -0.15) is 0 Å². The third kappa shape index (κ3) is 1.92. The Hall–Kier alpha value is 0.756. The van der Waals surface area contributed by atoms with Crippen LogP contribution in [-0.4, -0.2) is 14.3 Å². The van der Waals surface area contributed by atoms with E-state index in [-0.39, 0.29) is 62.6 Å². The molecule has 2 heterocycles. The van der Waals surface area contributed by atoms with E-state index in [0.29, 0.717) is 0 Å². The van der Waals surface area contributed by atoms with E-state index in [1.54, 1.807) is 13.0 Å². The maximum Gasteiger partial charge on any atom is 1.00 e. The average Bonchev–Trinajstić information content (AvgIpc) is 2.37. The fourth-order valence-electron chi connectivity index (χ4n) is 1.07. The number of aryl methyl sites for hydroxylation is 1. The van der Waals surface area contributed by atoms with Gasteiger partial charge in [-0.15, -0.1) is 11.3 Å². The first-order valence-corrected chi connectivity index (χ1v) is 5.48. The summed E-state index contributed by atoms with van der Waals surface area (Å²) in [5, 5.41) is 0. The third-order valence-electron chi connectivity index (χ3n) is 1.54. The van der Waals surface area contributed by atoms with Crippen LogP contribution in [0.5, 0.6) is 0 Å². The van der Waals surface area contributed by atoms with Crippen molar-refractivity contribution in [3.63, 3.8) is 0 Å². The number of nitrogens with one attached hydrogen (secondary N) is 1. The van der Waals surface area contributed by atoms with E-state index in [1.165, 1.54) is 0 Å². The van der Waals surface area contributed by atoms with Crippen LogP contribution in [0.2, 0.25) is 0 Å². The number of carbonyl (C=O) groups excluding carboxylic acids is 1. The SMILES string of the molecule is Cc1cc2c(s1)S(=O)(=O)NC2=O.[H-].[K+]. The van der Waals surface area contributed by atoms with Gasteiger partial charge in [0, 0.05) is 4.88 Å². The van der Waals surface area contributed by atoms with Crippen molar-refractivity contribution in [2.45, 2.75) is 11.1 Å². The molecule has 13 heavy (non-hydrogen) atoms. The van der Waals surface area contributed by atoms with Gasteiger partial charge in [0.2, 0.25) is 0 Å². The van der Waals surface area contributed by atoms with Gasteiger partial charge in [0.25, 0.3) is 15.9 Å². The molecule has 0 aromatic carbocycles. The van der Waals surface area contributed by atoms with Crippen LogP contribution in [0.3, 0.4) is 0 Å². The molecule has 1 aromatic heterocycles. The number of carbonyl (C=O) groups is 1. The summed E-state index contributed by atoms with van der Waals surface area (Å²) < 4.78 is 24.4. The Balaban J connectivity index is 0.000000845. The standard InChI is InChI=1S/C6H5NO3S2.K.H/c1-3-2-4-5(8)7-12(9,10)6(4)11-3;;/h2H,1H3,(H,7,8);;/q;+1;-1. The minimum atomic E-state index is -3.51. The van der Waals surface area contributed by atoms with E-state index in [4.69, 9.17) is 0 Å². The molecule has 0 bridgehead atoms. The summed E-state index contributed by atoms with van der Waals surface area (Å²) in [5.41, 5.74) is 0.275. The summed E-state index contributed by atoms with van der Waals surface area (Å²) in [7, 11) is -3.51. The van der Waals surface area contributed by atoms with Crippen LogP contribution in [0.25, 0.3) is 0 Å². The van der Waals surface area contributed by atoms with Crippen LogP contribution in [0.4, 0.5) is 0 Å². The van der Waals surface area contributed by atoms with E-state index < -0.39 is 15.9 Å². The maximum atomic E-state index is 11.2. The Morgan fingerprint density at radius 2 is 2.15 bits per heavy atom. The van der Waals surface area contributed by atoms with Crippen molar-refractivity contribution in [1.82, 2.24) is 4.72 Å². The molecule has 1 N–H and O–H groups in total. The van der Waals surface area contributed by atoms with Gasteiger partial charge in [-0.25, -0.2) is 13.1 Å². The van der Waals surface area contributed by atoms with Gasteiger partial charge in [-0.05, 0) is 13.0 Å². The number of thiophene rings is 1. The molecule has 1 aliphatic heterocycles. The van der Waals surface area contributed by atoms with Gasteiger partial charge in [-0.3, -0.25) is 4.79 Å². The molecule has 0 saturated carbocycles. The Kier molecular flexibility index (Phi) is 3.39. The zero-order valence-electron chi connectivity index (χ0n) is 8.12. The van der Waals surface area contributed by atoms with Crippen LogP contribution in [0.15, 0.2) is 10.3 Å². The van der Waals surface area contributed by atoms with E-state index in [2.05, 4.69) is 0 Å². The molecule has 0 aliphatic carbocycles. The number of hydrogen-bond acceptors (Lipinski definition) is 4. The van der Waals surface area contributed by atoms with Gasteiger partial charge >= 0.3 is 51.4 Å². The summed E-state index contributed by atoms with van der Waals surface area (Å²) in [6.07, 6.45) is 0. The van der Waals surface area contributed by atoms with Gasteiger partial charge in [-0.1, -0.05) is 0 Å². The molecule has 1 amide bonds. The van der Waals surface area contributed by atoms with Gasteiger partial charge < -0.3 is 1.43 Å². The second-order valence-corrected chi connectivity index (χ2v) is 5.63. The minimum absolute atomic E-state index is 0. The fourth-order valence-corrected chi connectivity index (χ4v) is 3.65. The van der Waals surface area contributed by atoms with Crippen molar-refractivity contribution in [1.29, 1.82) is 0 Å². The van der Waals surface area contributed by atoms with Crippen LogP contribution in [-0.2, 0) is 10.0 Å². The molecular weight excluding hydrogens is 237 g/mol. The zero-order chi connectivity index (χ0) is 8.93. The molecule has 2 rings (SSSR count). The summed E-state index contributed by atoms with van der Waals surface area (Å²) >= 11 is 1.12. The molecule has 0 atom stereocenters. The molecule has 0 saturated heterocycles. The van der Waals surface area contributed by atoms with E-state index >= 15 is 0 Å². The van der Waals surface area contributed by atoms with E-state index in [1.807, 2.05) is 4.72 Å². The Bertz CT molecular complexity index is 467. The minimum Gasteiger partial charge on any atom is -1.00 e. The topological polar surface area (TPSA) is 63.2 Å². The largest absolute Gasteiger partial charge is 1.00 e. The third-order valence-corrected chi connectivity index (χ3v) is 4.45. The first-order chi connectivity index (χ1) is 5.50. The van der Waals surface area contributed by atoms with Gasteiger partial charge in [0.15, 0.2) is 4.21 Å². The Labute approximate surface area is 124 Å². The number of fused-ring (bicyclic) bond motifs is 1. The number of rotatable bonds is 0. The van der Waals surface area contributed by atoms with Gasteiger partial charge in [0.05, 0.1) is 5.56 Å². The summed E-state index contributed by atoms with van der Waals surface area (Å²) in [6.45, 7) is 1.77. The van der Waals surface area contributed by atoms with Crippen LogP contribution in [0, 0.1) is 6.92 Å². The molecule has 0 unspecified atom stereocenters. The smallest absolute Gasteiger partial charge is 1.00 e. The summed E-state index contributed by atoms with van der Waals surface area (Å²) in [4.78, 5) is 11.8. The first kappa shape index (κ1) is 11.8. The summed E-state index contributed by atoms with van der Waals surface area (Å²) in [5.74, 6) is -0.519. The monoisotopic (exact) mass is 243 g/mol. The van der Waals surface area contributed by atoms with Crippen molar-refractivity contribution < 1.29 is 66.0 Å². The second-order valence-electron chi connectivity index (χ2n) is 2.49. The maximum absolute atomic E-state index is 11.2. The van der Waals surface area contributed by atoms with E-state index in [9.17, 15) is 13.2 Å². The molecular formula is C6H6KNO3S2. The second kappa shape index (κ2) is 3.72. The van der Waals surface area contributed by atoms with Crippen molar-refractivity contribution in [2.24, 2.45) is 0 Å². The normalized spacial score (nSPS) is 17.5. The van der Waals surface area contributed by atoms with Crippen molar-refractivity contribution in [3.8, 4) is 0 Å².